The molecule has 1 rings (SSSR count). The Morgan fingerprint density at radius 3 is 2.36 bits per heavy atom. The average Bonchev–Trinajstić information content (AvgIpc) is 2.24. The zero-order chi connectivity index (χ0) is 12.5. The second-order valence-corrected chi connectivity index (χ2v) is 2.39. The van der Waals surface area contributed by atoms with Crippen LogP contribution in [0, 0.1) is 0 Å². The Morgan fingerprint density at radius 2 is 1.93 bits per heavy atom. The molecule has 0 bridgehead atoms. The third-order valence-electron chi connectivity index (χ3n) is 1.41. The summed E-state index contributed by atoms with van der Waals surface area (Å²) >= 11 is 0. The summed E-state index contributed by atoms with van der Waals surface area (Å²) in [5.41, 5.74) is -0.588. The number of phenols is 3. The van der Waals surface area contributed by atoms with E-state index in [2.05, 4.69) is 4.74 Å². The Morgan fingerprint density at radius 1 is 1.43 bits per heavy atom. The molecule has 0 aliphatic rings. The first-order chi connectivity index (χ1) is 7.41. The highest BCUT2D eigenvalue weighted by atomic mass is 16.5. The summed E-state index contributed by atoms with van der Waals surface area (Å²) in [5, 5.41) is 27.6. The van der Waals surface area contributed by atoms with Crippen LogP contribution >= 0.6 is 0 Å². The van der Waals surface area contributed by atoms with Crippen molar-refractivity contribution in [1.82, 2.24) is 0 Å². The van der Waals surface area contributed by atoms with E-state index in [0.29, 0.717) is 0 Å². The van der Waals surface area contributed by atoms with Crippen molar-refractivity contribution in [2.75, 3.05) is 6.61 Å². The van der Waals surface area contributed by atoms with Gasteiger partial charge in [-0.2, -0.15) is 0 Å². The van der Waals surface area contributed by atoms with Gasteiger partial charge in [-0.3, -0.25) is 0 Å². The third-order valence-corrected chi connectivity index (χ3v) is 1.41. The van der Waals surface area contributed by atoms with Crippen LogP contribution in [0.15, 0.2) is 12.1 Å². The van der Waals surface area contributed by atoms with Crippen molar-refractivity contribution in [3.05, 3.63) is 17.6 Å². The van der Waals surface area contributed by atoms with Gasteiger partial charge >= 0.3 is 5.97 Å². The van der Waals surface area contributed by atoms with E-state index in [1.54, 1.807) is 0 Å². The summed E-state index contributed by atoms with van der Waals surface area (Å²) in [6.45, 7) is 1.56. The van der Waals surface area contributed by atoms with Crippen LogP contribution in [0.2, 0.25) is 0 Å². The lowest BCUT2D eigenvalue weighted by Crippen LogP contribution is -2.04. The largest absolute Gasteiger partial charge is 0.504 e. The SMILES string of the molecule is [2H]c1c(O)c(O)c(O)c([2H])c1C(=O)OCC. The van der Waals surface area contributed by atoms with Crippen molar-refractivity contribution in [3.63, 3.8) is 0 Å². The molecule has 0 spiro atoms. The Hall–Kier alpha value is -1.91. The number of esters is 1. The number of phenolic OH excluding ortho intramolecular Hbond substituents is 3. The minimum atomic E-state index is -1.01. The number of ether oxygens (including phenoxy) is 1. The molecule has 0 saturated heterocycles. The molecule has 0 fully saturated rings. The first kappa shape index (κ1) is 7.49. The van der Waals surface area contributed by atoms with Gasteiger partial charge in [0.15, 0.2) is 17.2 Å². The second kappa shape index (κ2) is 3.87. The van der Waals surface area contributed by atoms with Crippen LogP contribution in [-0.2, 0) is 4.74 Å². The fourth-order valence-electron chi connectivity index (χ4n) is 0.804. The van der Waals surface area contributed by atoms with E-state index in [0.717, 1.165) is 0 Å². The monoisotopic (exact) mass is 200 g/mol. The molecule has 0 atom stereocenters. The predicted octanol–water partition coefficient (Wildman–Crippen LogP) is 0.980. The third kappa shape index (κ3) is 1.87. The lowest BCUT2D eigenvalue weighted by molar-refractivity contribution is 0.0525. The Balaban J connectivity index is 3.45. The summed E-state index contributed by atoms with van der Waals surface area (Å²) in [6, 6.07) is -1.50. The Bertz CT molecular complexity index is 415. The Labute approximate surface area is 83.0 Å². The van der Waals surface area contributed by atoms with Crippen LogP contribution in [0.1, 0.15) is 20.0 Å². The molecule has 0 saturated carbocycles. The lowest BCUT2D eigenvalue weighted by atomic mass is 10.2. The normalized spacial score (nSPS) is 11.8. The van der Waals surface area contributed by atoms with Crippen LogP contribution in [-0.4, -0.2) is 27.9 Å². The maximum atomic E-state index is 11.3. The van der Waals surface area contributed by atoms with E-state index in [9.17, 15) is 15.0 Å². The van der Waals surface area contributed by atoms with Crippen LogP contribution < -0.4 is 0 Å². The van der Waals surface area contributed by atoms with Gasteiger partial charge < -0.3 is 20.1 Å². The van der Waals surface area contributed by atoms with Crippen molar-refractivity contribution >= 4 is 5.97 Å². The van der Waals surface area contributed by atoms with Crippen molar-refractivity contribution in [2.45, 2.75) is 6.92 Å². The highest BCUT2D eigenvalue weighted by Gasteiger charge is 2.13. The second-order valence-electron chi connectivity index (χ2n) is 2.39. The smallest absolute Gasteiger partial charge is 0.338 e. The zero-order valence-electron chi connectivity index (χ0n) is 9.37. The number of rotatable bonds is 2. The molecule has 0 radical (unpaired) electrons. The van der Waals surface area contributed by atoms with Crippen molar-refractivity contribution in [1.29, 1.82) is 0 Å². The molecule has 0 aliphatic carbocycles. The van der Waals surface area contributed by atoms with Crippen molar-refractivity contribution in [3.8, 4) is 17.2 Å². The molecular formula is C9H10O5. The molecule has 5 heteroatoms. The topological polar surface area (TPSA) is 87.0 Å². The summed E-state index contributed by atoms with van der Waals surface area (Å²) in [6.07, 6.45) is 0. The van der Waals surface area contributed by atoms with E-state index >= 15 is 0 Å². The number of benzene rings is 1. The molecule has 0 amide bonds. The van der Waals surface area contributed by atoms with Gasteiger partial charge in [0.1, 0.15) is 0 Å². The van der Waals surface area contributed by atoms with Gasteiger partial charge in [-0.15, -0.1) is 0 Å². The molecule has 5 nitrogen and oxygen atoms in total. The first-order valence-corrected chi connectivity index (χ1v) is 3.82. The standard InChI is InChI=1S/C9H10O5/c1-2-14-9(13)5-3-6(10)8(12)7(11)4-5/h3-4,10-12H,2H2,1H3/i3D,4D. The maximum absolute atomic E-state index is 11.3. The molecule has 0 aromatic heterocycles. The predicted molar refractivity (Wildman–Crippen MR) is 47.4 cm³/mol. The van der Waals surface area contributed by atoms with Gasteiger partial charge in [0.2, 0.25) is 0 Å². The molecule has 1 aromatic carbocycles. The quantitative estimate of drug-likeness (QED) is 0.489. The van der Waals surface area contributed by atoms with Crippen LogP contribution in [0.3, 0.4) is 0 Å². The highest BCUT2D eigenvalue weighted by Crippen LogP contribution is 2.35. The number of carbonyl (C=O) groups is 1. The van der Waals surface area contributed by atoms with E-state index in [1.807, 2.05) is 0 Å². The molecule has 0 unspecified atom stereocenters. The van der Waals surface area contributed by atoms with Crippen LogP contribution in [0.5, 0.6) is 17.2 Å². The van der Waals surface area contributed by atoms with Gasteiger partial charge in [-0.1, -0.05) is 0 Å². The fourth-order valence-corrected chi connectivity index (χ4v) is 0.804. The maximum Gasteiger partial charge on any atom is 0.338 e. The lowest BCUT2D eigenvalue weighted by Gasteiger charge is -2.04. The Kier molecular flexibility index (Phi) is 2.07. The highest BCUT2D eigenvalue weighted by molar-refractivity contribution is 5.91. The first-order valence-electron chi connectivity index (χ1n) is 4.82. The molecule has 76 valence electrons. The number of hydrogen-bond donors (Lipinski definition) is 3. The average molecular weight is 200 g/mol. The van der Waals surface area contributed by atoms with E-state index in [-0.39, 0.29) is 6.61 Å². The van der Waals surface area contributed by atoms with E-state index in [4.69, 9.17) is 7.85 Å². The van der Waals surface area contributed by atoms with E-state index < -0.39 is 40.9 Å². The van der Waals surface area contributed by atoms with E-state index in [1.165, 1.54) is 6.92 Å². The molecular weight excluding hydrogens is 188 g/mol. The molecule has 0 aliphatic heterocycles. The fraction of sp³-hybridized carbons (Fsp3) is 0.222. The van der Waals surface area contributed by atoms with Gasteiger partial charge in [-0.25, -0.2) is 4.79 Å². The summed E-state index contributed by atoms with van der Waals surface area (Å²) in [5.74, 6) is -3.93. The number of hydrogen-bond acceptors (Lipinski definition) is 5. The molecule has 3 N–H and O–H groups in total. The minimum Gasteiger partial charge on any atom is -0.504 e. The van der Waals surface area contributed by atoms with Crippen LogP contribution in [0.4, 0.5) is 0 Å². The summed E-state index contributed by atoms with van der Waals surface area (Å²) < 4.78 is 19.2. The molecule has 14 heavy (non-hydrogen) atoms. The van der Waals surface area contributed by atoms with Gasteiger partial charge in [0.05, 0.1) is 14.9 Å². The minimum absolute atomic E-state index is 0.0279. The summed E-state index contributed by atoms with van der Waals surface area (Å²) in [4.78, 5) is 11.3. The van der Waals surface area contributed by atoms with Crippen molar-refractivity contribution < 1.29 is 27.6 Å². The zero-order valence-corrected chi connectivity index (χ0v) is 7.37. The van der Waals surface area contributed by atoms with Crippen LogP contribution in [0.25, 0.3) is 0 Å². The molecule has 0 heterocycles. The number of aromatic hydroxyl groups is 3. The van der Waals surface area contributed by atoms with Gasteiger partial charge in [0.25, 0.3) is 0 Å². The molecule has 1 aromatic rings. The van der Waals surface area contributed by atoms with Crippen molar-refractivity contribution in [2.24, 2.45) is 0 Å². The van der Waals surface area contributed by atoms with Gasteiger partial charge in [-0.05, 0) is 19.0 Å². The van der Waals surface area contributed by atoms with Gasteiger partial charge in [0, 0.05) is 0 Å². The summed E-state index contributed by atoms with van der Waals surface area (Å²) in [7, 11) is 0. The number of carbonyl (C=O) groups excluding carboxylic acids is 1.